The lowest BCUT2D eigenvalue weighted by Crippen LogP contribution is -2.37. The zero-order chi connectivity index (χ0) is 15.1. The van der Waals surface area contributed by atoms with Crippen LogP contribution in [0.2, 0.25) is 0 Å². The van der Waals surface area contributed by atoms with Crippen molar-refractivity contribution in [2.24, 2.45) is 5.73 Å². The third-order valence-electron chi connectivity index (χ3n) is 3.52. The number of benzene rings is 1. The Kier molecular flexibility index (Phi) is 3.77. The predicted octanol–water partition coefficient (Wildman–Crippen LogP) is 2.71. The van der Waals surface area contributed by atoms with Crippen molar-refractivity contribution in [3.05, 3.63) is 35.4 Å². The molecule has 0 spiro atoms. The molecule has 1 aliphatic heterocycles. The Morgan fingerprint density at radius 3 is 2.55 bits per heavy atom. The fourth-order valence-corrected chi connectivity index (χ4v) is 2.70. The van der Waals surface area contributed by atoms with Crippen LogP contribution < -0.4 is 5.73 Å². The molecule has 2 N–H and O–H groups in total. The third-order valence-corrected chi connectivity index (χ3v) is 3.52. The maximum Gasteiger partial charge on any atom is 0.416 e. The molecule has 3 nitrogen and oxygen atoms in total. The van der Waals surface area contributed by atoms with Gasteiger partial charge < -0.3 is 10.6 Å². The first-order chi connectivity index (χ1) is 9.21. The second-order valence-electron chi connectivity index (χ2n) is 5.33. The van der Waals surface area contributed by atoms with Gasteiger partial charge in [0, 0.05) is 18.5 Å². The third kappa shape index (κ3) is 2.65. The van der Waals surface area contributed by atoms with E-state index in [-0.39, 0.29) is 18.4 Å². The van der Waals surface area contributed by atoms with E-state index in [0.717, 1.165) is 12.1 Å². The Hall–Kier alpha value is -1.56. The van der Waals surface area contributed by atoms with E-state index >= 15 is 0 Å². The standard InChI is InChI=1S/C14H17F3N2O/c1-8(2)19-12(20)7-11(18)13(19)9-4-3-5-10(6-9)14(15,16)17/h3-6,8,11,13H,7,18H2,1-2H3. The number of hydrogen-bond donors (Lipinski definition) is 1. The molecule has 2 atom stereocenters. The average molecular weight is 286 g/mol. The van der Waals surface area contributed by atoms with Gasteiger partial charge in [-0.05, 0) is 31.5 Å². The van der Waals surface area contributed by atoms with Crippen LogP contribution in [-0.2, 0) is 11.0 Å². The molecule has 6 heteroatoms. The smallest absolute Gasteiger partial charge is 0.332 e. The maximum absolute atomic E-state index is 12.8. The van der Waals surface area contributed by atoms with Crippen LogP contribution in [-0.4, -0.2) is 22.9 Å². The molecule has 1 aliphatic rings. The summed E-state index contributed by atoms with van der Waals surface area (Å²) in [6, 6.07) is 3.97. The van der Waals surface area contributed by atoms with E-state index in [1.165, 1.54) is 6.07 Å². The summed E-state index contributed by atoms with van der Waals surface area (Å²) in [6.45, 7) is 3.66. The number of carbonyl (C=O) groups is 1. The zero-order valence-electron chi connectivity index (χ0n) is 11.3. The second-order valence-corrected chi connectivity index (χ2v) is 5.33. The number of rotatable bonds is 2. The Morgan fingerprint density at radius 2 is 2.00 bits per heavy atom. The van der Waals surface area contributed by atoms with Crippen LogP contribution in [0.3, 0.4) is 0 Å². The quantitative estimate of drug-likeness (QED) is 0.908. The Balaban J connectivity index is 2.42. The van der Waals surface area contributed by atoms with E-state index < -0.39 is 23.8 Å². The number of halogens is 3. The summed E-state index contributed by atoms with van der Waals surface area (Å²) >= 11 is 0. The van der Waals surface area contributed by atoms with Crippen LogP contribution in [0.25, 0.3) is 0 Å². The van der Waals surface area contributed by atoms with Crippen molar-refractivity contribution in [2.45, 2.75) is 44.6 Å². The van der Waals surface area contributed by atoms with Gasteiger partial charge in [0.2, 0.25) is 5.91 Å². The van der Waals surface area contributed by atoms with E-state index in [9.17, 15) is 18.0 Å². The molecule has 1 saturated heterocycles. The largest absolute Gasteiger partial charge is 0.416 e. The van der Waals surface area contributed by atoms with Gasteiger partial charge in [-0.1, -0.05) is 12.1 Å². The molecule has 1 amide bonds. The molecule has 0 radical (unpaired) electrons. The van der Waals surface area contributed by atoms with Crippen molar-refractivity contribution in [3.63, 3.8) is 0 Å². The highest BCUT2D eigenvalue weighted by atomic mass is 19.4. The number of amides is 1. The summed E-state index contributed by atoms with van der Waals surface area (Å²) in [5.74, 6) is -0.116. The summed E-state index contributed by atoms with van der Waals surface area (Å²) < 4.78 is 38.3. The van der Waals surface area contributed by atoms with Gasteiger partial charge in [-0.3, -0.25) is 4.79 Å². The zero-order valence-corrected chi connectivity index (χ0v) is 11.3. The fourth-order valence-electron chi connectivity index (χ4n) is 2.70. The van der Waals surface area contributed by atoms with E-state index in [2.05, 4.69) is 0 Å². The lowest BCUT2D eigenvalue weighted by atomic mass is 9.98. The van der Waals surface area contributed by atoms with E-state index in [1.54, 1.807) is 11.0 Å². The predicted molar refractivity (Wildman–Crippen MR) is 68.8 cm³/mol. The van der Waals surface area contributed by atoms with Gasteiger partial charge in [-0.25, -0.2) is 0 Å². The van der Waals surface area contributed by atoms with Crippen molar-refractivity contribution in [2.75, 3.05) is 0 Å². The van der Waals surface area contributed by atoms with Gasteiger partial charge in [-0.2, -0.15) is 13.2 Å². The minimum Gasteiger partial charge on any atom is -0.332 e. The Bertz CT molecular complexity index is 513. The van der Waals surface area contributed by atoms with Crippen LogP contribution in [0.15, 0.2) is 24.3 Å². The molecule has 2 rings (SSSR count). The molecule has 0 bridgehead atoms. The van der Waals surface area contributed by atoms with Gasteiger partial charge in [0.05, 0.1) is 11.6 Å². The number of carbonyl (C=O) groups excluding carboxylic acids is 1. The van der Waals surface area contributed by atoms with Crippen molar-refractivity contribution in [1.82, 2.24) is 4.90 Å². The number of nitrogens with zero attached hydrogens (tertiary/aromatic N) is 1. The van der Waals surface area contributed by atoms with Gasteiger partial charge in [0.25, 0.3) is 0 Å². The number of nitrogens with two attached hydrogens (primary N) is 1. The second kappa shape index (κ2) is 5.09. The monoisotopic (exact) mass is 286 g/mol. The minimum absolute atomic E-state index is 0.101. The fraction of sp³-hybridized carbons (Fsp3) is 0.500. The molecule has 1 heterocycles. The highest BCUT2D eigenvalue weighted by Crippen LogP contribution is 2.36. The van der Waals surface area contributed by atoms with Crippen LogP contribution >= 0.6 is 0 Å². The molecular weight excluding hydrogens is 269 g/mol. The topological polar surface area (TPSA) is 46.3 Å². The average Bonchev–Trinajstić information content (AvgIpc) is 2.63. The first-order valence-electron chi connectivity index (χ1n) is 6.45. The van der Waals surface area contributed by atoms with E-state index in [4.69, 9.17) is 5.73 Å². The molecular formula is C14H17F3N2O. The molecule has 1 aromatic rings. The highest BCUT2D eigenvalue weighted by molar-refractivity contribution is 5.80. The van der Waals surface area contributed by atoms with Crippen LogP contribution in [0.1, 0.15) is 37.4 Å². The van der Waals surface area contributed by atoms with E-state index in [1.807, 2.05) is 13.8 Å². The molecule has 0 aliphatic carbocycles. The van der Waals surface area contributed by atoms with E-state index in [0.29, 0.717) is 5.56 Å². The first-order valence-corrected chi connectivity index (χ1v) is 6.45. The first kappa shape index (κ1) is 14.8. The number of alkyl halides is 3. The van der Waals surface area contributed by atoms with Crippen LogP contribution in [0, 0.1) is 0 Å². The minimum atomic E-state index is -4.40. The summed E-state index contributed by atoms with van der Waals surface area (Å²) in [5.41, 5.74) is 5.66. The number of hydrogen-bond acceptors (Lipinski definition) is 2. The maximum atomic E-state index is 12.8. The highest BCUT2D eigenvalue weighted by Gasteiger charge is 2.40. The molecule has 1 aromatic carbocycles. The van der Waals surface area contributed by atoms with Crippen LogP contribution in [0.5, 0.6) is 0 Å². The summed E-state index contributed by atoms with van der Waals surface area (Å²) in [6.07, 6.45) is -4.23. The SMILES string of the molecule is CC(C)N1C(=O)CC(N)C1c1cccc(C(F)(F)F)c1. The number of likely N-dealkylation sites (tertiary alicyclic amines) is 1. The van der Waals surface area contributed by atoms with Gasteiger partial charge in [0.1, 0.15) is 0 Å². The molecule has 0 aromatic heterocycles. The van der Waals surface area contributed by atoms with Gasteiger partial charge in [-0.15, -0.1) is 0 Å². The van der Waals surface area contributed by atoms with Gasteiger partial charge >= 0.3 is 6.18 Å². The molecule has 0 saturated carbocycles. The molecule has 20 heavy (non-hydrogen) atoms. The lowest BCUT2D eigenvalue weighted by Gasteiger charge is -2.31. The van der Waals surface area contributed by atoms with Crippen molar-refractivity contribution < 1.29 is 18.0 Å². The van der Waals surface area contributed by atoms with Gasteiger partial charge in [0.15, 0.2) is 0 Å². The van der Waals surface area contributed by atoms with Crippen molar-refractivity contribution in [3.8, 4) is 0 Å². The van der Waals surface area contributed by atoms with Crippen molar-refractivity contribution >= 4 is 5.91 Å². The van der Waals surface area contributed by atoms with Crippen LogP contribution in [0.4, 0.5) is 13.2 Å². The summed E-state index contributed by atoms with van der Waals surface area (Å²) in [4.78, 5) is 13.5. The molecule has 2 unspecified atom stereocenters. The summed E-state index contributed by atoms with van der Waals surface area (Å²) in [7, 11) is 0. The normalized spacial score (nSPS) is 23.8. The van der Waals surface area contributed by atoms with Crippen molar-refractivity contribution in [1.29, 1.82) is 0 Å². The Morgan fingerprint density at radius 1 is 1.35 bits per heavy atom. The summed E-state index contributed by atoms with van der Waals surface area (Å²) in [5, 5.41) is 0. The molecule has 1 fully saturated rings. The molecule has 110 valence electrons. The lowest BCUT2D eigenvalue weighted by molar-refractivity contribution is -0.137. The Labute approximate surface area is 115 Å².